The number of hydrogen-bond donors (Lipinski definition) is 2. The number of fused-ring (bicyclic) bond motifs is 1. The molecule has 3 rings (SSSR count). The molecule has 0 unspecified atom stereocenters. The van der Waals surface area contributed by atoms with Crippen molar-refractivity contribution in [1.29, 1.82) is 0 Å². The van der Waals surface area contributed by atoms with Crippen LogP contribution in [-0.4, -0.2) is 27.6 Å². The van der Waals surface area contributed by atoms with Crippen LogP contribution in [-0.2, 0) is 20.2 Å². The van der Waals surface area contributed by atoms with E-state index in [2.05, 4.69) is 46.1 Å². The molecule has 2 aromatic carbocycles. The molecule has 0 spiro atoms. The topological polar surface area (TPSA) is 90.9 Å². The summed E-state index contributed by atoms with van der Waals surface area (Å²) in [6, 6.07) is 14.0. The summed E-state index contributed by atoms with van der Waals surface area (Å²) in [6.07, 6.45) is 3.26. The Kier molecular flexibility index (Phi) is 5.48. The molecule has 0 radical (unpaired) electrons. The number of carbonyl (C=O) groups is 1. The Morgan fingerprint density at radius 3 is 2.38 bits per heavy atom. The number of hydrogen-bond acceptors (Lipinski definition) is 5. The van der Waals surface area contributed by atoms with Crippen molar-refractivity contribution in [3.63, 3.8) is 0 Å². The lowest BCUT2D eigenvalue weighted by molar-refractivity contribution is -0.114. The first-order valence-electron chi connectivity index (χ1n) is 9.09. The lowest BCUT2D eigenvalue weighted by atomic mass is 9.84. The average molecular weight is 413 g/mol. The zero-order chi connectivity index (χ0) is 21.2. The number of anilines is 2. The number of amides is 1. The lowest BCUT2D eigenvalue weighted by Gasteiger charge is -2.23. The van der Waals surface area contributed by atoms with E-state index in [1.54, 1.807) is 0 Å². The largest absolute Gasteiger partial charge is 0.347 e. The van der Waals surface area contributed by atoms with Gasteiger partial charge < -0.3 is 10.2 Å². The molecule has 7 nitrogen and oxygen atoms in total. The molecule has 0 saturated heterocycles. The zero-order valence-electron chi connectivity index (χ0n) is 16.8. The van der Waals surface area contributed by atoms with E-state index in [0.29, 0.717) is 5.69 Å². The van der Waals surface area contributed by atoms with Crippen LogP contribution >= 0.6 is 0 Å². The highest BCUT2D eigenvalue weighted by Gasteiger charge is 2.37. The monoisotopic (exact) mass is 412 g/mol. The summed E-state index contributed by atoms with van der Waals surface area (Å²) >= 11 is 0. The molecule has 152 valence electrons. The number of allylic oxidation sites excluding steroid dienone is 2. The van der Waals surface area contributed by atoms with Gasteiger partial charge in [0, 0.05) is 42.7 Å². The number of nitrogens with one attached hydrogen (secondary N) is 2. The molecule has 1 aliphatic heterocycles. The maximum Gasteiger partial charge on any atom is 0.276 e. The summed E-state index contributed by atoms with van der Waals surface area (Å²) in [6.45, 7) is 5.63. The second-order valence-electron chi connectivity index (χ2n) is 7.33. The average Bonchev–Trinajstić information content (AvgIpc) is 2.85. The lowest BCUT2D eigenvalue weighted by Crippen LogP contribution is -2.23. The van der Waals surface area contributed by atoms with Crippen LogP contribution in [0.25, 0.3) is 0 Å². The van der Waals surface area contributed by atoms with Crippen molar-refractivity contribution in [3.8, 4) is 0 Å². The molecular formula is C21H24N4O3S. The molecule has 2 N–H and O–H groups in total. The summed E-state index contributed by atoms with van der Waals surface area (Å²) in [5.74, 6) is -0.224. The molecule has 0 atom stereocenters. The minimum Gasteiger partial charge on any atom is -0.347 e. The van der Waals surface area contributed by atoms with Gasteiger partial charge >= 0.3 is 0 Å². The van der Waals surface area contributed by atoms with E-state index < -0.39 is 10.0 Å². The summed E-state index contributed by atoms with van der Waals surface area (Å²) in [4.78, 5) is 15.4. The normalized spacial score (nSPS) is 16.8. The molecule has 1 heterocycles. The smallest absolute Gasteiger partial charge is 0.276 e. The Bertz CT molecular complexity index is 1090. The first-order valence-corrected chi connectivity index (χ1v) is 10.6. The van der Waals surface area contributed by atoms with Crippen LogP contribution in [0.3, 0.4) is 0 Å². The van der Waals surface area contributed by atoms with Crippen LogP contribution in [0.1, 0.15) is 26.3 Å². The fourth-order valence-corrected chi connectivity index (χ4v) is 4.28. The minimum absolute atomic E-state index is 0.0575. The zero-order valence-corrected chi connectivity index (χ0v) is 17.6. The first kappa shape index (κ1) is 20.6. The molecule has 1 aliphatic rings. The number of para-hydroxylation sites is 1. The van der Waals surface area contributed by atoms with Gasteiger partial charge in [0.15, 0.2) is 0 Å². The third-order valence-corrected chi connectivity index (χ3v) is 6.14. The van der Waals surface area contributed by atoms with Gasteiger partial charge in [-0.05, 0) is 42.0 Å². The Morgan fingerprint density at radius 1 is 1.10 bits per heavy atom. The van der Waals surface area contributed by atoms with E-state index in [0.717, 1.165) is 11.4 Å². The molecule has 0 aromatic heterocycles. The van der Waals surface area contributed by atoms with Crippen molar-refractivity contribution in [2.75, 3.05) is 17.3 Å². The van der Waals surface area contributed by atoms with Crippen LogP contribution < -0.4 is 15.0 Å². The predicted octanol–water partition coefficient (Wildman–Crippen LogP) is 3.22. The molecule has 1 amide bonds. The maximum atomic E-state index is 12.4. The Hall–Kier alpha value is -3.13. The molecule has 8 heteroatoms. The van der Waals surface area contributed by atoms with Gasteiger partial charge in [-0.15, -0.1) is 0 Å². The molecule has 29 heavy (non-hydrogen) atoms. The quantitative estimate of drug-likeness (QED) is 0.583. The van der Waals surface area contributed by atoms with Gasteiger partial charge in [0.1, 0.15) is 0 Å². The van der Waals surface area contributed by atoms with Gasteiger partial charge in [0.25, 0.3) is 10.0 Å². The predicted molar refractivity (Wildman–Crippen MR) is 116 cm³/mol. The molecule has 0 bridgehead atoms. The fraction of sp³-hybridized carbons (Fsp3) is 0.238. The Morgan fingerprint density at radius 2 is 1.76 bits per heavy atom. The van der Waals surface area contributed by atoms with Crippen molar-refractivity contribution in [2.45, 2.75) is 31.1 Å². The standard InChI is InChI=1S/C21H24N4O3S/c1-15(26)23-16-9-11-17(12-10-16)29(27,28)24-22-14-13-20-21(2,3)18-7-5-6-8-19(18)25(20)4/h5-14,24H,1-4H3,(H,23,26)/b20-13-,22-14+. The summed E-state index contributed by atoms with van der Waals surface area (Å²) < 4.78 is 24.8. The Labute approximate surface area is 171 Å². The van der Waals surface area contributed by atoms with Crippen molar-refractivity contribution in [2.24, 2.45) is 5.10 Å². The van der Waals surface area contributed by atoms with Gasteiger partial charge in [-0.1, -0.05) is 32.0 Å². The van der Waals surface area contributed by atoms with E-state index >= 15 is 0 Å². The van der Waals surface area contributed by atoms with Gasteiger partial charge in [-0.2, -0.15) is 13.5 Å². The number of nitrogens with zero attached hydrogens (tertiary/aromatic N) is 2. The van der Waals surface area contributed by atoms with Crippen LogP contribution in [0, 0.1) is 0 Å². The second kappa shape index (κ2) is 7.71. The van der Waals surface area contributed by atoms with Gasteiger partial charge in [-0.25, -0.2) is 4.83 Å². The molecule has 0 fully saturated rings. The van der Waals surface area contributed by atoms with E-state index in [1.807, 2.05) is 25.3 Å². The SMILES string of the molecule is CC(=O)Nc1ccc(S(=O)(=O)N/N=C/C=C2\N(C)c3ccccc3C2(C)C)cc1. The van der Waals surface area contributed by atoms with Crippen molar-refractivity contribution in [1.82, 2.24) is 4.83 Å². The summed E-state index contributed by atoms with van der Waals surface area (Å²) in [5.41, 5.74) is 3.66. The number of benzene rings is 2. The number of carbonyl (C=O) groups excluding carboxylic acids is 1. The molecular weight excluding hydrogens is 388 g/mol. The highest BCUT2D eigenvalue weighted by Crippen LogP contribution is 2.46. The van der Waals surface area contributed by atoms with Crippen molar-refractivity contribution < 1.29 is 13.2 Å². The molecule has 0 saturated carbocycles. The van der Waals surface area contributed by atoms with Crippen LogP contribution in [0.5, 0.6) is 0 Å². The number of sulfonamides is 1. The van der Waals surface area contributed by atoms with E-state index in [-0.39, 0.29) is 16.2 Å². The number of hydrazone groups is 1. The van der Waals surface area contributed by atoms with Crippen LogP contribution in [0.15, 0.2) is 70.3 Å². The minimum atomic E-state index is -3.80. The highest BCUT2D eigenvalue weighted by atomic mass is 32.2. The maximum absolute atomic E-state index is 12.4. The van der Waals surface area contributed by atoms with Crippen LogP contribution in [0.4, 0.5) is 11.4 Å². The second-order valence-corrected chi connectivity index (χ2v) is 8.99. The van der Waals surface area contributed by atoms with Gasteiger partial charge in [0.05, 0.1) is 4.90 Å². The van der Waals surface area contributed by atoms with E-state index in [9.17, 15) is 13.2 Å². The van der Waals surface area contributed by atoms with E-state index in [4.69, 9.17) is 0 Å². The van der Waals surface area contributed by atoms with Crippen molar-refractivity contribution in [3.05, 3.63) is 65.9 Å². The van der Waals surface area contributed by atoms with Crippen LogP contribution in [0.2, 0.25) is 0 Å². The van der Waals surface area contributed by atoms with Gasteiger partial charge in [0.2, 0.25) is 5.91 Å². The first-order chi connectivity index (χ1) is 13.6. The Balaban J connectivity index is 1.73. The number of rotatable bonds is 5. The number of likely N-dealkylation sites (N-methyl/N-ethyl adjacent to an activating group) is 1. The molecule has 2 aromatic rings. The third kappa shape index (κ3) is 4.17. The van der Waals surface area contributed by atoms with E-state index in [1.165, 1.54) is 43.0 Å². The highest BCUT2D eigenvalue weighted by molar-refractivity contribution is 7.89. The molecule has 0 aliphatic carbocycles. The summed E-state index contributed by atoms with van der Waals surface area (Å²) in [5, 5.41) is 6.47. The summed E-state index contributed by atoms with van der Waals surface area (Å²) in [7, 11) is -1.82. The van der Waals surface area contributed by atoms with Crippen molar-refractivity contribution >= 4 is 33.5 Å². The third-order valence-electron chi connectivity index (χ3n) is 4.91. The van der Waals surface area contributed by atoms with Gasteiger partial charge in [-0.3, -0.25) is 4.79 Å². The fourth-order valence-electron chi connectivity index (χ4n) is 3.48.